The van der Waals surface area contributed by atoms with Gasteiger partial charge in [-0.3, -0.25) is 14.5 Å². The first-order valence-electron chi connectivity index (χ1n) is 10.9. The molecular weight excluding hydrogens is 455 g/mol. The van der Waals surface area contributed by atoms with E-state index >= 15 is 0 Å². The van der Waals surface area contributed by atoms with Gasteiger partial charge in [0, 0.05) is 5.54 Å². The number of nitrogens with one attached hydrogen (secondary N) is 1. The number of anilines is 1. The second-order valence-electron chi connectivity index (χ2n) is 8.93. The molecule has 1 atom stereocenters. The van der Waals surface area contributed by atoms with E-state index in [2.05, 4.69) is 20.7 Å². The number of hydrogen-bond acceptors (Lipinski definition) is 7. The lowest BCUT2D eigenvalue weighted by atomic mass is 10.1. The van der Waals surface area contributed by atoms with Crippen molar-refractivity contribution in [2.45, 2.75) is 45.8 Å². The first kappa shape index (κ1) is 23.9. The number of aromatic nitrogens is 4. The van der Waals surface area contributed by atoms with Crippen LogP contribution in [0.15, 0.2) is 63.6 Å². The molecule has 35 heavy (non-hydrogen) atoms. The molecule has 1 N–H and O–H groups in total. The number of para-hydroxylation sites is 1. The van der Waals surface area contributed by atoms with Gasteiger partial charge in [0.05, 0.1) is 12.0 Å². The lowest BCUT2D eigenvalue weighted by Crippen LogP contribution is -2.50. The van der Waals surface area contributed by atoms with Gasteiger partial charge in [-0.05, 0) is 69.3 Å². The molecule has 0 fully saturated rings. The number of furan rings is 2. The van der Waals surface area contributed by atoms with E-state index < -0.39 is 35.8 Å². The lowest BCUT2D eigenvalue weighted by Gasteiger charge is -2.32. The Morgan fingerprint density at radius 2 is 1.91 bits per heavy atom. The Hall–Kier alpha value is -4.28. The molecule has 0 radical (unpaired) electrons. The zero-order valence-electron chi connectivity index (χ0n) is 19.7. The van der Waals surface area contributed by atoms with Crippen LogP contribution in [0.1, 0.15) is 38.3 Å². The topological polar surface area (TPSA) is 119 Å². The van der Waals surface area contributed by atoms with E-state index in [0.717, 1.165) is 9.70 Å². The molecule has 0 bridgehead atoms. The molecule has 0 aliphatic carbocycles. The Kier molecular flexibility index (Phi) is 6.50. The van der Waals surface area contributed by atoms with E-state index in [0.29, 0.717) is 11.5 Å². The second kappa shape index (κ2) is 9.53. The van der Waals surface area contributed by atoms with Gasteiger partial charge in [-0.1, -0.05) is 12.1 Å². The van der Waals surface area contributed by atoms with Gasteiger partial charge in [-0.2, -0.15) is 4.80 Å². The summed E-state index contributed by atoms with van der Waals surface area (Å²) in [6.45, 7) is 6.77. The van der Waals surface area contributed by atoms with Gasteiger partial charge in [-0.25, -0.2) is 4.39 Å². The van der Waals surface area contributed by atoms with E-state index in [1.807, 2.05) is 0 Å². The highest BCUT2D eigenvalue weighted by Crippen LogP contribution is 2.31. The predicted molar refractivity (Wildman–Crippen MR) is 123 cm³/mol. The van der Waals surface area contributed by atoms with Crippen molar-refractivity contribution in [3.05, 3.63) is 72.1 Å². The van der Waals surface area contributed by atoms with Crippen molar-refractivity contribution in [2.75, 3.05) is 4.90 Å². The summed E-state index contributed by atoms with van der Waals surface area (Å²) in [7, 11) is 0. The number of amides is 2. The Morgan fingerprint density at radius 3 is 2.54 bits per heavy atom. The number of nitrogens with zero attached hydrogens (tertiary/aromatic N) is 5. The van der Waals surface area contributed by atoms with Crippen LogP contribution in [0, 0.1) is 12.7 Å². The standard InChI is InChI=1S/C24H25FN6O4/c1-15-11-12-19(35-15)22-27-29-30(28-22)14-20(32)31(17-9-6-5-8-16(17)25)21(18-10-7-13-34-18)23(33)26-24(2,3)4/h5-13,21H,14H2,1-4H3,(H,26,33)/t21-/m0/s1. The van der Waals surface area contributed by atoms with Crippen molar-refractivity contribution >= 4 is 17.5 Å². The molecular formula is C24H25FN6O4. The number of tetrazole rings is 1. The molecule has 182 valence electrons. The quantitative estimate of drug-likeness (QED) is 0.429. The predicted octanol–water partition coefficient (Wildman–Crippen LogP) is 3.66. The first-order valence-corrected chi connectivity index (χ1v) is 10.9. The molecule has 0 saturated carbocycles. The van der Waals surface area contributed by atoms with Crippen molar-refractivity contribution in [3.63, 3.8) is 0 Å². The minimum atomic E-state index is -1.29. The smallest absolute Gasteiger partial charge is 0.251 e. The highest BCUT2D eigenvalue weighted by Gasteiger charge is 2.37. The van der Waals surface area contributed by atoms with E-state index in [4.69, 9.17) is 8.83 Å². The Balaban J connectivity index is 1.72. The maximum Gasteiger partial charge on any atom is 0.251 e. The molecule has 1 aromatic carbocycles. The fourth-order valence-corrected chi connectivity index (χ4v) is 3.48. The van der Waals surface area contributed by atoms with Crippen LogP contribution >= 0.6 is 0 Å². The van der Waals surface area contributed by atoms with Gasteiger partial charge >= 0.3 is 0 Å². The number of benzene rings is 1. The highest BCUT2D eigenvalue weighted by molar-refractivity contribution is 6.01. The van der Waals surface area contributed by atoms with Gasteiger partial charge in [0.15, 0.2) is 11.8 Å². The van der Waals surface area contributed by atoms with Crippen LogP contribution in [0.3, 0.4) is 0 Å². The van der Waals surface area contributed by atoms with Crippen LogP contribution in [0.25, 0.3) is 11.6 Å². The van der Waals surface area contributed by atoms with E-state index in [1.165, 1.54) is 24.5 Å². The van der Waals surface area contributed by atoms with Crippen LogP contribution in [0.2, 0.25) is 0 Å². The molecule has 4 aromatic rings. The van der Waals surface area contributed by atoms with Crippen molar-refractivity contribution in [1.82, 2.24) is 25.5 Å². The van der Waals surface area contributed by atoms with Crippen molar-refractivity contribution < 1.29 is 22.8 Å². The number of aryl methyl sites for hydroxylation is 1. The molecule has 0 spiro atoms. The second-order valence-corrected chi connectivity index (χ2v) is 8.93. The molecule has 3 heterocycles. The molecule has 0 aliphatic heterocycles. The third-order valence-corrected chi connectivity index (χ3v) is 4.89. The summed E-state index contributed by atoms with van der Waals surface area (Å²) in [4.78, 5) is 29.1. The van der Waals surface area contributed by atoms with E-state index in [1.54, 1.807) is 58.0 Å². The summed E-state index contributed by atoms with van der Waals surface area (Å²) in [6.07, 6.45) is 1.38. The number of halogens is 1. The molecule has 4 rings (SSSR count). The average Bonchev–Trinajstić information content (AvgIpc) is 3.53. The fourth-order valence-electron chi connectivity index (χ4n) is 3.48. The van der Waals surface area contributed by atoms with E-state index in [-0.39, 0.29) is 17.3 Å². The van der Waals surface area contributed by atoms with Gasteiger partial charge < -0.3 is 14.2 Å². The molecule has 10 nitrogen and oxygen atoms in total. The largest absolute Gasteiger partial charge is 0.467 e. The van der Waals surface area contributed by atoms with Gasteiger partial charge in [-0.15, -0.1) is 10.2 Å². The summed E-state index contributed by atoms with van der Waals surface area (Å²) in [5, 5.41) is 14.9. The number of carbonyl (C=O) groups excluding carboxylic acids is 2. The lowest BCUT2D eigenvalue weighted by molar-refractivity contribution is -0.128. The van der Waals surface area contributed by atoms with Crippen LogP contribution in [-0.2, 0) is 16.1 Å². The fraction of sp³-hybridized carbons (Fsp3) is 0.292. The third-order valence-electron chi connectivity index (χ3n) is 4.89. The van der Waals surface area contributed by atoms with Crippen LogP contribution in [-0.4, -0.2) is 37.6 Å². The molecule has 3 aromatic heterocycles. The first-order chi connectivity index (χ1) is 16.6. The Labute approximate surface area is 200 Å². The minimum absolute atomic E-state index is 0.0926. The van der Waals surface area contributed by atoms with Crippen LogP contribution in [0.4, 0.5) is 10.1 Å². The highest BCUT2D eigenvalue weighted by atomic mass is 19.1. The van der Waals surface area contributed by atoms with Gasteiger partial charge in [0.25, 0.3) is 11.8 Å². The average molecular weight is 481 g/mol. The zero-order chi connectivity index (χ0) is 25.2. The van der Waals surface area contributed by atoms with Crippen LogP contribution in [0.5, 0.6) is 0 Å². The Morgan fingerprint density at radius 1 is 1.14 bits per heavy atom. The summed E-state index contributed by atoms with van der Waals surface area (Å²) < 4.78 is 25.9. The maximum absolute atomic E-state index is 15.0. The maximum atomic E-state index is 15.0. The van der Waals surface area contributed by atoms with E-state index in [9.17, 15) is 14.0 Å². The number of hydrogen-bond donors (Lipinski definition) is 1. The number of carbonyl (C=O) groups is 2. The van der Waals surface area contributed by atoms with Crippen molar-refractivity contribution in [2.24, 2.45) is 0 Å². The van der Waals surface area contributed by atoms with Gasteiger partial charge in [0.1, 0.15) is 23.9 Å². The number of rotatable bonds is 7. The summed E-state index contributed by atoms with van der Waals surface area (Å²) >= 11 is 0. The monoisotopic (exact) mass is 480 g/mol. The minimum Gasteiger partial charge on any atom is -0.467 e. The van der Waals surface area contributed by atoms with Crippen molar-refractivity contribution in [3.8, 4) is 11.6 Å². The zero-order valence-corrected chi connectivity index (χ0v) is 19.7. The van der Waals surface area contributed by atoms with Gasteiger partial charge in [0.2, 0.25) is 5.82 Å². The molecule has 2 amide bonds. The summed E-state index contributed by atoms with van der Waals surface area (Å²) in [5.41, 5.74) is -0.708. The summed E-state index contributed by atoms with van der Waals surface area (Å²) in [5.74, 6) is -0.450. The molecule has 0 saturated heterocycles. The van der Waals surface area contributed by atoms with Crippen LogP contribution < -0.4 is 10.2 Å². The SMILES string of the molecule is Cc1ccc(-c2nnn(CC(=O)N(c3ccccc3F)[C@H](C(=O)NC(C)(C)C)c3ccco3)n2)o1. The molecule has 0 aliphatic rings. The summed E-state index contributed by atoms with van der Waals surface area (Å²) in [6, 6.07) is 11.0. The molecule has 11 heteroatoms. The molecule has 0 unspecified atom stereocenters. The third kappa shape index (κ3) is 5.45. The normalized spacial score (nSPS) is 12.4. The Bertz CT molecular complexity index is 1320. The van der Waals surface area contributed by atoms with Crippen molar-refractivity contribution in [1.29, 1.82) is 0 Å².